The Balaban J connectivity index is 2.22. The van der Waals surface area contributed by atoms with Crippen LogP contribution in [0.15, 0.2) is 18.3 Å². The van der Waals surface area contributed by atoms with Gasteiger partial charge in [-0.15, -0.1) is 0 Å². The molecule has 114 valence electrons. The number of hydrogen-bond donors (Lipinski definition) is 0. The van der Waals surface area contributed by atoms with Crippen molar-refractivity contribution in [3.63, 3.8) is 0 Å². The maximum atomic E-state index is 12.7. The number of hydrogen-bond acceptors (Lipinski definition) is 4. The summed E-state index contributed by atoms with van der Waals surface area (Å²) in [5.41, 5.74) is 0.419. The average molecular weight is 310 g/mol. The number of halogens is 1. The Morgan fingerprint density at radius 3 is 2.62 bits per heavy atom. The number of rotatable bonds is 5. The van der Waals surface area contributed by atoms with Gasteiger partial charge in [0.05, 0.1) is 6.61 Å². The van der Waals surface area contributed by atoms with Crippen LogP contribution in [0.2, 0.25) is 5.15 Å². The first-order chi connectivity index (χ1) is 10.1. The zero-order valence-corrected chi connectivity index (χ0v) is 12.9. The molecule has 1 unspecified atom stereocenters. The lowest BCUT2D eigenvalue weighted by atomic mass is 9.77. The van der Waals surface area contributed by atoms with E-state index in [0.29, 0.717) is 10.7 Å². The molecule has 1 fully saturated rings. The van der Waals surface area contributed by atoms with Crippen molar-refractivity contribution in [1.29, 1.82) is 0 Å². The summed E-state index contributed by atoms with van der Waals surface area (Å²) in [6.07, 6.45) is 6.52. The summed E-state index contributed by atoms with van der Waals surface area (Å²) < 4.78 is 5.12. The predicted molar refractivity (Wildman–Crippen MR) is 80.3 cm³/mol. The number of carbonyl (C=O) groups is 2. The van der Waals surface area contributed by atoms with E-state index in [1.165, 1.54) is 12.6 Å². The number of nitrogens with zero attached hydrogens (tertiary/aromatic N) is 1. The van der Waals surface area contributed by atoms with Crippen LogP contribution >= 0.6 is 11.6 Å². The van der Waals surface area contributed by atoms with E-state index in [9.17, 15) is 9.59 Å². The summed E-state index contributed by atoms with van der Waals surface area (Å²) in [4.78, 5) is 28.8. The lowest BCUT2D eigenvalue weighted by Crippen LogP contribution is -2.34. The Morgan fingerprint density at radius 2 is 2.05 bits per heavy atom. The van der Waals surface area contributed by atoms with Crippen molar-refractivity contribution in [2.75, 3.05) is 6.61 Å². The first-order valence-corrected chi connectivity index (χ1v) is 7.83. The van der Waals surface area contributed by atoms with Crippen LogP contribution in [0, 0.1) is 11.8 Å². The highest BCUT2D eigenvalue weighted by Gasteiger charge is 2.37. The zero-order valence-electron chi connectivity index (χ0n) is 12.2. The molecular weight excluding hydrogens is 290 g/mol. The maximum Gasteiger partial charge on any atom is 0.317 e. The standard InChI is InChI=1S/C16H20ClNO3/c1-2-21-16(20)14(11-6-4-3-5-7-11)15(19)12-8-9-13(17)18-10-12/h8-11,14H,2-7H2,1H3. The second-order valence-corrected chi connectivity index (χ2v) is 5.75. The summed E-state index contributed by atoms with van der Waals surface area (Å²) >= 11 is 5.74. The summed E-state index contributed by atoms with van der Waals surface area (Å²) in [5.74, 6) is -1.26. The van der Waals surface area contributed by atoms with Crippen LogP contribution in [-0.4, -0.2) is 23.3 Å². The van der Waals surface area contributed by atoms with E-state index in [0.717, 1.165) is 25.7 Å². The highest BCUT2D eigenvalue weighted by molar-refractivity contribution is 6.29. The fourth-order valence-electron chi connectivity index (χ4n) is 2.91. The molecule has 0 radical (unpaired) electrons. The molecule has 0 aliphatic heterocycles. The third-order valence-corrected chi connectivity index (χ3v) is 4.18. The maximum absolute atomic E-state index is 12.7. The fraction of sp³-hybridized carbons (Fsp3) is 0.562. The Hall–Kier alpha value is -1.42. The Bertz CT molecular complexity index is 495. The van der Waals surface area contributed by atoms with Crippen LogP contribution in [-0.2, 0) is 9.53 Å². The van der Waals surface area contributed by atoms with Gasteiger partial charge in [0.25, 0.3) is 0 Å². The van der Waals surface area contributed by atoms with Crippen LogP contribution in [0.3, 0.4) is 0 Å². The summed E-state index contributed by atoms with van der Waals surface area (Å²) in [7, 11) is 0. The van der Waals surface area contributed by atoms with Crippen molar-refractivity contribution in [1.82, 2.24) is 4.98 Å². The van der Waals surface area contributed by atoms with Crippen molar-refractivity contribution in [2.24, 2.45) is 11.8 Å². The van der Waals surface area contributed by atoms with E-state index in [-0.39, 0.29) is 18.3 Å². The Kier molecular flexibility index (Phi) is 5.74. The van der Waals surface area contributed by atoms with Gasteiger partial charge < -0.3 is 4.74 Å². The molecule has 5 heteroatoms. The Labute approximate surface area is 129 Å². The molecule has 0 aromatic carbocycles. The van der Waals surface area contributed by atoms with E-state index >= 15 is 0 Å². The molecule has 1 aromatic rings. The molecule has 1 saturated carbocycles. The molecular formula is C16H20ClNO3. The minimum absolute atomic E-state index is 0.0704. The van der Waals surface area contributed by atoms with Gasteiger partial charge in [0, 0.05) is 11.8 Å². The predicted octanol–water partition coefficient (Wildman–Crippen LogP) is 3.68. The Morgan fingerprint density at radius 1 is 1.33 bits per heavy atom. The second kappa shape index (κ2) is 7.55. The number of aromatic nitrogens is 1. The number of ether oxygens (including phenoxy) is 1. The fourth-order valence-corrected chi connectivity index (χ4v) is 3.03. The first kappa shape index (κ1) is 16.0. The number of carbonyl (C=O) groups excluding carboxylic acids is 2. The normalized spacial score (nSPS) is 17.2. The van der Waals surface area contributed by atoms with Crippen LogP contribution in [0.1, 0.15) is 49.4 Å². The lowest BCUT2D eigenvalue weighted by Gasteiger charge is -2.27. The van der Waals surface area contributed by atoms with Gasteiger partial charge in [-0.1, -0.05) is 30.9 Å². The molecule has 1 atom stereocenters. The minimum atomic E-state index is -0.715. The van der Waals surface area contributed by atoms with Crippen LogP contribution < -0.4 is 0 Å². The molecule has 0 saturated heterocycles. The number of ketones is 1. The monoisotopic (exact) mass is 309 g/mol. The van der Waals surface area contributed by atoms with Gasteiger partial charge in [-0.3, -0.25) is 9.59 Å². The molecule has 1 heterocycles. The molecule has 1 aromatic heterocycles. The lowest BCUT2D eigenvalue weighted by molar-refractivity contribution is -0.148. The van der Waals surface area contributed by atoms with Crippen molar-refractivity contribution in [2.45, 2.75) is 39.0 Å². The number of Topliss-reactive ketones (excluding diaryl/α,β-unsaturated/α-hetero) is 1. The average Bonchev–Trinajstić information content (AvgIpc) is 2.49. The molecule has 0 spiro atoms. The van der Waals surface area contributed by atoms with E-state index in [4.69, 9.17) is 16.3 Å². The van der Waals surface area contributed by atoms with Gasteiger partial charge in [0.1, 0.15) is 11.1 Å². The van der Waals surface area contributed by atoms with Gasteiger partial charge in [-0.05, 0) is 37.8 Å². The van der Waals surface area contributed by atoms with Gasteiger partial charge in [-0.25, -0.2) is 4.98 Å². The quantitative estimate of drug-likeness (QED) is 0.360. The highest BCUT2D eigenvalue weighted by Crippen LogP contribution is 2.32. The highest BCUT2D eigenvalue weighted by atomic mass is 35.5. The molecule has 0 amide bonds. The third-order valence-electron chi connectivity index (χ3n) is 3.96. The SMILES string of the molecule is CCOC(=O)C(C(=O)c1ccc(Cl)nc1)C1CCCCC1. The molecule has 1 aliphatic rings. The second-order valence-electron chi connectivity index (χ2n) is 5.36. The molecule has 4 nitrogen and oxygen atoms in total. The van der Waals surface area contributed by atoms with E-state index in [1.807, 2.05) is 0 Å². The van der Waals surface area contributed by atoms with Gasteiger partial charge in [-0.2, -0.15) is 0 Å². The number of pyridine rings is 1. The van der Waals surface area contributed by atoms with Crippen molar-refractivity contribution in [3.05, 3.63) is 29.0 Å². The third kappa shape index (κ3) is 4.03. The van der Waals surface area contributed by atoms with Crippen molar-refractivity contribution in [3.8, 4) is 0 Å². The van der Waals surface area contributed by atoms with Crippen molar-refractivity contribution >= 4 is 23.4 Å². The summed E-state index contributed by atoms with van der Waals surface area (Å²) in [6, 6.07) is 3.19. The van der Waals surface area contributed by atoms with Crippen molar-refractivity contribution < 1.29 is 14.3 Å². The smallest absolute Gasteiger partial charge is 0.317 e. The first-order valence-electron chi connectivity index (χ1n) is 7.46. The van der Waals surface area contributed by atoms with Gasteiger partial charge in [0.15, 0.2) is 5.78 Å². The van der Waals surface area contributed by atoms with Gasteiger partial charge in [0.2, 0.25) is 0 Å². The summed E-state index contributed by atoms with van der Waals surface area (Å²) in [6.45, 7) is 2.04. The van der Waals surface area contributed by atoms with E-state index < -0.39 is 11.9 Å². The largest absolute Gasteiger partial charge is 0.465 e. The number of esters is 1. The van der Waals surface area contributed by atoms with Crippen LogP contribution in [0.5, 0.6) is 0 Å². The van der Waals surface area contributed by atoms with E-state index in [2.05, 4.69) is 4.98 Å². The molecule has 1 aliphatic carbocycles. The molecule has 0 bridgehead atoms. The topological polar surface area (TPSA) is 56.3 Å². The molecule has 21 heavy (non-hydrogen) atoms. The van der Waals surface area contributed by atoms with E-state index in [1.54, 1.807) is 19.1 Å². The molecule has 2 rings (SSSR count). The summed E-state index contributed by atoms with van der Waals surface area (Å²) in [5, 5.41) is 0.330. The molecule has 0 N–H and O–H groups in total. The van der Waals surface area contributed by atoms with Crippen LogP contribution in [0.25, 0.3) is 0 Å². The van der Waals surface area contributed by atoms with Gasteiger partial charge >= 0.3 is 5.97 Å². The van der Waals surface area contributed by atoms with Crippen LogP contribution in [0.4, 0.5) is 0 Å². The minimum Gasteiger partial charge on any atom is -0.465 e. The zero-order chi connectivity index (χ0) is 15.2.